The van der Waals surface area contributed by atoms with Crippen molar-refractivity contribution in [3.8, 4) is 0 Å². The Hall–Kier alpha value is -2.19. The van der Waals surface area contributed by atoms with Gasteiger partial charge in [0, 0.05) is 0 Å². The quantitative estimate of drug-likeness (QED) is 0.454. The van der Waals surface area contributed by atoms with Crippen molar-refractivity contribution < 1.29 is 41.0 Å². The molecule has 1 rings (SSSR count). The van der Waals surface area contributed by atoms with E-state index >= 15 is 0 Å². The van der Waals surface area contributed by atoms with Crippen LogP contribution in [0.25, 0.3) is 0 Å². The molecule has 0 spiro atoms. The fourth-order valence-electron chi connectivity index (χ4n) is 1.73. The molecule has 0 fully saturated rings. The van der Waals surface area contributed by atoms with Gasteiger partial charge in [-0.15, -0.1) is 0 Å². The monoisotopic (exact) mass is 340 g/mol. The maximum atomic E-state index is 14.7. The first-order valence-electron chi connectivity index (χ1n) is 6.50. The third-order valence-electron chi connectivity index (χ3n) is 2.84. The molecule has 0 aliphatic heterocycles. The number of rotatable bonds is 6. The van der Waals surface area contributed by atoms with Gasteiger partial charge in [0.05, 0.1) is 18.8 Å². The van der Waals surface area contributed by atoms with Crippen molar-refractivity contribution >= 4 is 11.9 Å². The number of hydrogen-bond donors (Lipinski definition) is 0. The average molecular weight is 340 g/mol. The molecule has 4 nitrogen and oxygen atoms in total. The number of carbonyl (C=O) groups is 2. The number of halogens is 5. The Labute approximate surface area is 128 Å². The molecule has 0 saturated carbocycles. The van der Waals surface area contributed by atoms with Gasteiger partial charge >= 0.3 is 23.5 Å². The highest BCUT2D eigenvalue weighted by molar-refractivity contribution is 6.05. The third kappa shape index (κ3) is 3.13. The van der Waals surface area contributed by atoms with E-state index in [-0.39, 0.29) is 0 Å². The highest BCUT2D eigenvalue weighted by Crippen LogP contribution is 2.44. The van der Waals surface area contributed by atoms with Crippen molar-refractivity contribution in [2.24, 2.45) is 0 Å². The van der Waals surface area contributed by atoms with Crippen LogP contribution in [0.15, 0.2) is 18.2 Å². The van der Waals surface area contributed by atoms with Crippen molar-refractivity contribution in [1.29, 1.82) is 0 Å². The van der Waals surface area contributed by atoms with Crippen LogP contribution in [0.2, 0.25) is 0 Å². The van der Waals surface area contributed by atoms with E-state index in [0.717, 1.165) is 0 Å². The summed E-state index contributed by atoms with van der Waals surface area (Å²) in [6.45, 7) is 1.33. The lowest BCUT2D eigenvalue weighted by molar-refractivity contribution is -0.209. The van der Waals surface area contributed by atoms with Crippen LogP contribution < -0.4 is 0 Å². The predicted molar refractivity (Wildman–Crippen MR) is 67.4 cm³/mol. The normalized spacial score (nSPS) is 12.0. The zero-order chi connectivity index (χ0) is 17.8. The zero-order valence-electron chi connectivity index (χ0n) is 12.2. The molecule has 0 saturated heterocycles. The Balaban J connectivity index is 3.53. The predicted octanol–water partition coefficient (Wildman–Crippen LogP) is 2.89. The average Bonchev–Trinajstić information content (AvgIpc) is 2.49. The van der Waals surface area contributed by atoms with Crippen molar-refractivity contribution in [3.05, 3.63) is 35.4 Å². The topological polar surface area (TPSA) is 52.6 Å². The van der Waals surface area contributed by atoms with Gasteiger partial charge in [-0.3, -0.25) is 0 Å². The first-order chi connectivity index (χ1) is 10.6. The number of benzene rings is 1. The molecule has 0 amide bonds. The molecule has 0 heterocycles. The van der Waals surface area contributed by atoms with E-state index in [2.05, 4.69) is 9.47 Å². The van der Waals surface area contributed by atoms with E-state index in [9.17, 15) is 31.5 Å². The van der Waals surface area contributed by atoms with Crippen LogP contribution in [0, 0.1) is 11.6 Å². The zero-order valence-corrected chi connectivity index (χ0v) is 12.2. The van der Waals surface area contributed by atoms with E-state index < -0.39 is 53.9 Å². The van der Waals surface area contributed by atoms with Gasteiger partial charge < -0.3 is 9.47 Å². The molecule has 128 valence electrons. The second kappa shape index (κ2) is 6.93. The number of hydrogen-bond acceptors (Lipinski definition) is 4. The van der Waals surface area contributed by atoms with E-state index in [1.807, 2.05) is 0 Å². The molecule has 0 aromatic heterocycles. The number of ether oxygens (including phenoxy) is 2. The van der Waals surface area contributed by atoms with Gasteiger partial charge in [0.1, 0.15) is 0 Å². The van der Waals surface area contributed by atoms with Crippen molar-refractivity contribution in [2.45, 2.75) is 25.4 Å². The number of alkyl halides is 3. The Morgan fingerprint density at radius 3 is 1.91 bits per heavy atom. The highest BCUT2D eigenvalue weighted by Gasteiger charge is 2.70. The molecule has 23 heavy (non-hydrogen) atoms. The SMILES string of the molecule is CCOC(=O)C(F)(C(=O)OCC)C(F)(F)c1cccc(F)c1F. The maximum Gasteiger partial charge on any atom is 0.368 e. The van der Waals surface area contributed by atoms with Crippen LogP contribution in [0.5, 0.6) is 0 Å². The van der Waals surface area contributed by atoms with E-state index in [1.165, 1.54) is 13.8 Å². The van der Waals surface area contributed by atoms with Crippen LogP contribution in [0.4, 0.5) is 22.0 Å². The summed E-state index contributed by atoms with van der Waals surface area (Å²) in [7, 11) is 0. The standard InChI is InChI=1S/C14H13F5O4/c1-3-22-11(20)13(17,12(21)23-4-2)14(18,19)8-6-5-7-9(15)10(8)16/h5-7H,3-4H2,1-2H3. The van der Waals surface area contributed by atoms with E-state index in [0.29, 0.717) is 18.2 Å². The minimum Gasteiger partial charge on any atom is -0.463 e. The molecule has 0 radical (unpaired) electrons. The summed E-state index contributed by atoms with van der Waals surface area (Å²) in [6.07, 6.45) is 0. The van der Waals surface area contributed by atoms with Crippen LogP contribution in [-0.4, -0.2) is 30.8 Å². The first-order valence-corrected chi connectivity index (χ1v) is 6.50. The molecular formula is C14H13F5O4. The molecule has 0 aliphatic carbocycles. The van der Waals surface area contributed by atoms with E-state index in [1.54, 1.807) is 0 Å². The summed E-state index contributed by atoms with van der Waals surface area (Å²) >= 11 is 0. The van der Waals surface area contributed by atoms with Gasteiger partial charge in [-0.2, -0.15) is 8.78 Å². The molecule has 0 N–H and O–H groups in total. The molecule has 9 heteroatoms. The molecule has 1 aromatic carbocycles. The Bertz CT molecular complexity index is 585. The third-order valence-corrected chi connectivity index (χ3v) is 2.84. The number of carbonyl (C=O) groups excluding carboxylic acids is 2. The largest absolute Gasteiger partial charge is 0.463 e. The Morgan fingerprint density at radius 2 is 1.48 bits per heavy atom. The summed E-state index contributed by atoms with van der Waals surface area (Å²) in [5, 5.41) is 0. The lowest BCUT2D eigenvalue weighted by Crippen LogP contribution is -2.56. The lowest BCUT2D eigenvalue weighted by Gasteiger charge is -2.29. The van der Waals surface area contributed by atoms with Crippen molar-refractivity contribution in [1.82, 2.24) is 0 Å². The van der Waals surface area contributed by atoms with Crippen LogP contribution >= 0.6 is 0 Å². The summed E-state index contributed by atoms with van der Waals surface area (Å²) in [5.74, 6) is -13.4. The first kappa shape index (κ1) is 18.9. The van der Waals surface area contributed by atoms with Gasteiger partial charge in [-0.25, -0.2) is 22.8 Å². The maximum absolute atomic E-state index is 14.7. The van der Waals surface area contributed by atoms with Crippen LogP contribution in [0.1, 0.15) is 19.4 Å². The molecule has 0 unspecified atom stereocenters. The Kier molecular flexibility index (Phi) is 5.68. The smallest absolute Gasteiger partial charge is 0.368 e. The van der Waals surface area contributed by atoms with Crippen LogP contribution in [-0.2, 0) is 25.0 Å². The summed E-state index contributed by atoms with van der Waals surface area (Å²) in [5.41, 5.74) is -6.46. The summed E-state index contributed by atoms with van der Waals surface area (Å²) < 4.78 is 78.6. The second-order valence-corrected chi connectivity index (χ2v) is 4.28. The van der Waals surface area contributed by atoms with Crippen LogP contribution in [0.3, 0.4) is 0 Å². The van der Waals surface area contributed by atoms with Gasteiger partial charge in [-0.05, 0) is 26.0 Å². The highest BCUT2D eigenvalue weighted by atomic mass is 19.3. The lowest BCUT2D eigenvalue weighted by atomic mass is 9.90. The molecular weight excluding hydrogens is 327 g/mol. The fraction of sp³-hybridized carbons (Fsp3) is 0.429. The summed E-state index contributed by atoms with van der Waals surface area (Å²) in [4.78, 5) is 23.2. The Morgan fingerprint density at radius 1 is 1.00 bits per heavy atom. The molecule has 0 aliphatic rings. The minimum absolute atomic E-state index is 0.352. The van der Waals surface area contributed by atoms with Crippen molar-refractivity contribution in [3.63, 3.8) is 0 Å². The molecule has 1 aromatic rings. The second-order valence-electron chi connectivity index (χ2n) is 4.28. The van der Waals surface area contributed by atoms with Gasteiger partial charge in [0.2, 0.25) is 0 Å². The minimum atomic E-state index is -5.06. The van der Waals surface area contributed by atoms with Gasteiger partial charge in [0.15, 0.2) is 11.6 Å². The van der Waals surface area contributed by atoms with Gasteiger partial charge in [0.25, 0.3) is 0 Å². The molecule has 0 atom stereocenters. The summed E-state index contributed by atoms with van der Waals surface area (Å²) in [6, 6.07) is 1.55. The van der Waals surface area contributed by atoms with Crippen molar-refractivity contribution in [2.75, 3.05) is 13.2 Å². The molecule has 0 bridgehead atoms. The fourth-order valence-corrected chi connectivity index (χ4v) is 1.73. The number of esters is 2. The van der Waals surface area contributed by atoms with Gasteiger partial charge in [-0.1, -0.05) is 6.07 Å². The van der Waals surface area contributed by atoms with E-state index in [4.69, 9.17) is 0 Å².